The van der Waals surface area contributed by atoms with Crippen molar-refractivity contribution in [1.29, 1.82) is 0 Å². The molecule has 0 saturated carbocycles. The molecular formula is C19H25BrFN5O. The zero-order valence-corrected chi connectivity index (χ0v) is 17.5. The van der Waals surface area contributed by atoms with Crippen molar-refractivity contribution in [2.24, 2.45) is 7.05 Å². The van der Waals surface area contributed by atoms with E-state index in [1.807, 2.05) is 33.0 Å². The van der Waals surface area contributed by atoms with E-state index in [-0.39, 0.29) is 11.7 Å². The summed E-state index contributed by atoms with van der Waals surface area (Å²) < 4.78 is 16.5. The van der Waals surface area contributed by atoms with Crippen LogP contribution in [0.15, 0.2) is 22.7 Å². The Balaban J connectivity index is 1.48. The van der Waals surface area contributed by atoms with Gasteiger partial charge in [-0.1, -0.05) is 22.0 Å². The quantitative estimate of drug-likeness (QED) is 0.780. The van der Waals surface area contributed by atoms with Gasteiger partial charge in [0.15, 0.2) is 0 Å². The van der Waals surface area contributed by atoms with Crippen molar-refractivity contribution in [2.45, 2.75) is 20.4 Å². The minimum Gasteiger partial charge on any atom is -0.310 e. The third-order valence-electron chi connectivity index (χ3n) is 5.02. The molecule has 0 atom stereocenters. The number of piperazine rings is 1. The summed E-state index contributed by atoms with van der Waals surface area (Å²) in [5.41, 5.74) is 2.61. The molecule has 0 unspecified atom stereocenters. The van der Waals surface area contributed by atoms with Crippen LogP contribution >= 0.6 is 15.9 Å². The number of hydrogen-bond acceptors (Lipinski definition) is 4. The molecule has 0 bridgehead atoms. The molecule has 2 heterocycles. The van der Waals surface area contributed by atoms with Crippen molar-refractivity contribution < 1.29 is 9.18 Å². The number of benzene rings is 1. The average Bonchev–Trinajstić information content (AvgIpc) is 2.85. The second-order valence-corrected chi connectivity index (χ2v) is 7.93. The van der Waals surface area contributed by atoms with E-state index in [9.17, 15) is 9.18 Å². The maximum Gasteiger partial charge on any atom is 0.239 e. The molecule has 1 aliphatic rings. The number of carbonyl (C=O) groups excluding carboxylic acids is 1. The summed E-state index contributed by atoms with van der Waals surface area (Å²) in [4.78, 5) is 16.7. The molecule has 8 heteroatoms. The number of nitrogens with zero attached hydrogens (tertiary/aromatic N) is 4. The van der Waals surface area contributed by atoms with Crippen molar-refractivity contribution in [3.8, 4) is 0 Å². The number of aromatic nitrogens is 2. The fraction of sp³-hybridized carbons (Fsp3) is 0.474. The highest BCUT2D eigenvalue weighted by Gasteiger charge is 2.21. The summed E-state index contributed by atoms with van der Waals surface area (Å²) in [6, 6.07) is 5.18. The van der Waals surface area contributed by atoms with Crippen molar-refractivity contribution in [1.82, 2.24) is 19.6 Å². The fourth-order valence-electron chi connectivity index (χ4n) is 3.31. The molecule has 1 aromatic heterocycles. The molecule has 1 aromatic carbocycles. The van der Waals surface area contributed by atoms with Gasteiger partial charge in [-0.15, -0.1) is 0 Å². The summed E-state index contributed by atoms with van der Waals surface area (Å²) in [6.07, 6.45) is 0. The lowest BCUT2D eigenvalue weighted by molar-refractivity contribution is -0.117. The Hall–Kier alpha value is -1.77. The smallest absolute Gasteiger partial charge is 0.239 e. The predicted octanol–water partition coefficient (Wildman–Crippen LogP) is 2.69. The largest absolute Gasteiger partial charge is 0.310 e. The minimum absolute atomic E-state index is 0.0338. The second kappa shape index (κ2) is 8.50. The van der Waals surface area contributed by atoms with E-state index in [0.29, 0.717) is 18.7 Å². The van der Waals surface area contributed by atoms with Crippen LogP contribution in [0.5, 0.6) is 0 Å². The lowest BCUT2D eigenvalue weighted by atomic mass is 10.2. The van der Waals surface area contributed by atoms with Gasteiger partial charge in [0.2, 0.25) is 5.91 Å². The number of carbonyl (C=O) groups is 1. The molecule has 1 aliphatic heterocycles. The number of nitrogens with one attached hydrogen (secondary N) is 1. The number of amides is 1. The standard InChI is InChI=1S/C19H25BrFN5O/c1-13-14(2)23-24(3)19(13)22-18(27)12-26-8-6-25(7-9-26)11-15-4-5-16(20)10-17(15)21/h4-5,10H,6-9,11-12H2,1-3H3,(H,22,27). The summed E-state index contributed by atoms with van der Waals surface area (Å²) in [5, 5.41) is 7.28. The Morgan fingerprint density at radius 2 is 1.89 bits per heavy atom. The number of halogens is 2. The van der Waals surface area contributed by atoms with Crippen LogP contribution in [0.4, 0.5) is 10.2 Å². The van der Waals surface area contributed by atoms with Gasteiger partial charge >= 0.3 is 0 Å². The molecule has 27 heavy (non-hydrogen) atoms. The summed E-state index contributed by atoms with van der Waals surface area (Å²) in [7, 11) is 1.83. The Labute approximate surface area is 167 Å². The van der Waals surface area contributed by atoms with Gasteiger partial charge in [-0.25, -0.2) is 4.39 Å². The van der Waals surface area contributed by atoms with Gasteiger partial charge in [0.25, 0.3) is 0 Å². The number of rotatable bonds is 5. The molecule has 1 amide bonds. The number of hydrogen-bond donors (Lipinski definition) is 1. The van der Waals surface area contributed by atoms with Gasteiger partial charge in [-0.3, -0.25) is 19.3 Å². The van der Waals surface area contributed by atoms with Crippen LogP contribution in [0.25, 0.3) is 0 Å². The third kappa shape index (κ3) is 4.94. The van der Waals surface area contributed by atoms with Crippen LogP contribution in [-0.4, -0.2) is 58.2 Å². The first kappa shape index (κ1) is 20.0. The van der Waals surface area contributed by atoms with Crippen molar-refractivity contribution in [2.75, 3.05) is 38.0 Å². The number of anilines is 1. The normalized spacial score (nSPS) is 15.9. The lowest BCUT2D eigenvalue weighted by Gasteiger charge is -2.34. The van der Waals surface area contributed by atoms with E-state index in [0.717, 1.165) is 47.7 Å². The van der Waals surface area contributed by atoms with Crippen LogP contribution in [-0.2, 0) is 18.4 Å². The molecule has 1 saturated heterocycles. The van der Waals surface area contributed by atoms with Crippen molar-refractivity contribution in [3.05, 3.63) is 45.3 Å². The molecule has 0 radical (unpaired) electrons. The van der Waals surface area contributed by atoms with Gasteiger partial charge in [0, 0.05) is 55.4 Å². The molecule has 6 nitrogen and oxygen atoms in total. The van der Waals surface area contributed by atoms with Crippen molar-refractivity contribution in [3.63, 3.8) is 0 Å². The molecular weight excluding hydrogens is 413 g/mol. The molecule has 146 valence electrons. The Morgan fingerprint density at radius 1 is 1.22 bits per heavy atom. The highest BCUT2D eigenvalue weighted by molar-refractivity contribution is 9.10. The van der Waals surface area contributed by atoms with E-state index in [1.165, 1.54) is 6.07 Å². The zero-order valence-electron chi connectivity index (χ0n) is 15.9. The van der Waals surface area contributed by atoms with E-state index < -0.39 is 0 Å². The van der Waals surface area contributed by atoms with E-state index in [1.54, 1.807) is 4.68 Å². The highest BCUT2D eigenvalue weighted by atomic mass is 79.9. The third-order valence-corrected chi connectivity index (χ3v) is 5.51. The Bertz CT molecular complexity index is 830. The second-order valence-electron chi connectivity index (χ2n) is 7.02. The lowest BCUT2D eigenvalue weighted by Crippen LogP contribution is -2.48. The first-order chi connectivity index (χ1) is 12.8. The molecule has 1 fully saturated rings. The summed E-state index contributed by atoms with van der Waals surface area (Å²) in [5.74, 6) is 0.531. The first-order valence-corrected chi connectivity index (χ1v) is 9.81. The van der Waals surface area contributed by atoms with Gasteiger partial charge in [0.1, 0.15) is 11.6 Å². The van der Waals surface area contributed by atoms with E-state index in [4.69, 9.17) is 0 Å². The maximum atomic E-state index is 14.0. The van der Waals surface area contributed by atoms with Gasteiger partial charge in [0.05, 0.1) is 12.2 Å². The topological polar surface area (TPSA) is 53.4 Å². The minimum atomic E-state index is -0.187. The predicted molar refractivity (Wildman–Crippen MR) is 107 cm³/mol. The van der Waals surface area contributed by atoms with Crippen LogP contribution in [0, 0.1) is 19.7 Å². The van der Waals surface area contributed by atoms with Gasteiger partial charge in [-0.2, -0.15) is 5.10 Å². The molecule has 3 rings (SSSR count). The summed E-state index contributed by atoms with van der Waals surface area (Å²) in [6.45, 7) is 8.02. The van der Waals surface area contributed by atoms with Crippen LogP contribution in [0.1, 0.15) is 16.8 Å². The van der Waals surface area contributed by atoms with Gasteiger partial charge in [-0.05, 0) is 26.0 Å². The Kier molecular flexibility index (Phi) is 6.29. The molecule has 1 N–H and O–H groups in total. The van der Waals surface area contributed by atoms with Crippen LogP contribution in [0.2, 0.25) is 0 Å². The fourth-order valence-corrected chi connectivity index (χ4v) is 3.64. The maximum absolute atomic E-state index is 14.0. The Morgan fingerprint density at radius 3 is 2.48 bits per heavy atom. The average molecular weight is 438 g/mol. The van der Waals surface area contributed by atoms with E-state index >= 15 is 0 Å². The molecule has 0 spiro atoms. The molecule has 2 aromatic rings. The van der Waals surface area contributed by atoms with Crippen molar-refractivity contribution >= 4 is 27.7 Å². The summed E-state index contributed by atoms with van der Waals surface area (Å²) >= 11 is 3.28. The highest BCUT2D eigenvalue weighted by Crippen LogP contribution is 2.18. The number of aryl methyl sites for hydroxylation is 2. The van der Waals surface area contributed by atoms with Crippen LogP contribution in [0.3, 0.4) is 0 Å². The first-order valence-electron chi connectivity index (χ1n) is 9.02. The zero-order chi connectivity index (χ0) is 19.6. The molecule has 0 aliphatic carbocycles. The van der Waals surface area contributed by atoms with Crippen LogP contribution < -0.4 is 5.32 Å². The van der Waals surface area contributed by atoms with E-state index in [2.05, 4.69) is 36.1 Å². The SMILES string of the molecule is Cc1nn(C)c(NC(=O)CN2CCN(Cc3ccc(Br)cc3F)CC2)c1C. The monoisotopic (exact) mass is 437 g/mol. The van der Waals surface area contributed by atoms with Gasteiger partial charge < -0.3 is 5.32 Å².